The highest BCUT2D eigenvalue weighted by Crippen LogP contribution is 1.81. The minimum absolute atomic E-state index is 0. The number of rotatable bonds is 4. The molecule has 0 saturated heterocycles. The molecule has 10 heteroatoms. The first-order valence-corrected chi connectivity index (χ1v) is 5.26. The van der Waals surface area contributed by atoms with Gasteiger partial charge in [-0.1, -0.05) is 0 Å². The average molecular weight is 262 g/mol. The summed E-state index contributed by atoms with van der Waals surface area (Å²) in [5, 5.41) is 0. The van der Waals surface area contributed by atoms with Gasteiger partial charge in [0.2, 0.25) is 0 Å². The van der Waals surface area contributed by atoms with E-state index in [4.69, 9.17) is 10.3 Å². The molecule has 100 valence electrons. The van der Waals surface area contributed by atoms with Crippen molar-refractivity contribution < 1.29 is 31.4 Å². The van der Waals surface area contributed by atoms with Crippen LogP contribution in [0.2, 0.25) is 0 Å². The van der Waals surface area contributed by atoms with E-state index in [-0.39, 0.29) is 19.3 Å². The van der Waals surface area contributed by atoms with Gasteiger partial charge >= 0.3 is 16.6 Å². The molecule has 9 nitrogen and oxygen atoms in total. The maximum absolute atomic E-state index is 9.97. The molecular weight excluding hydrogens is 244 g/mol. The van der Waals surface area contributed by atoms with E-state index in [0.29, 0.717) is 6.61 Å². The lowest BCUT2D eigenvalue weighted by atomic mass is 10.8. The van der Waals surface area contributed by atoms with Crippen molar-refractivity contribution in [3.63, 3.8) is 0 Å². The number of methoxy groups -OCH3 is 1. The van der Waals surface area contributed by atoms with Gasteiger partial charge in [0.05, 0.1) is 20.3 Å². The van der Waals surface area contributed by atoms with Crippen LogP contribution in [0, 0.1) is 0 Å². The zero-order valence-corrected chi connectivity index (χ0v) is 10.0. The van der Waals surface area contributed by atoms with Crippen molar-refractivity contribution in [2.75, 3.05) is 26.9 Å². The number of ether oxygens (including phenoxy) is 2. The van der Waals surface area contributed by atoms with E-state index < -0.39 is 16.6 Å². The fourth-order valence-electron chi connectivity index (χ4n) is 0.330. The Labute approximate surface area is 94.4 Å². The van der Waals surface area contributed by atoms with Gasteiger partial charge in [-0.25, -0.2) is 8.98 Å². The molecule has 0 fully saturated rings. The van der Waals surface area contributed by atoms with Gasteiger partial charge in [0.25, 0.3) is 0 Å². The molecule has 0 aromatic rings. The van der Waals surface area contributed by atoms with Gasteiger partial charge in [-0.2, -0.15) is 8.42 Å². The first-order valence-electron chi connectivity index (χ1n) is 3.90. The third-order valence-corrected chi connectivity index (χ3v) is 1.24. The Morgan fingerprint density at radius 3 is 2.06 bits per heavy atom. The Morgan fingerprint density at radius 1 is 1.44 bits per heavy atom. The van der Waals surface area contributed by atoms with E-state index in [1.54, 1.807) is 6.92 Å². The second-order valence-corrected chi connectivity index (χ2v) is 3.02. The second-order valence-electron chi connectivity index (χ2n) is 1.93. The van der Waals surface area contributed by atoms with Crippen molar-refractivity contribution in [1.82, 2.24) is 6.15 Å². The zero-order valence-electron chi connectivity index (χ0n) is 9.21. The van der Waals surface area contributed by atoms with Crippen LogP contribution in [0.4, 0.5) is 4.79 Å². The van der Waals surface area contributed by atoms with Crippen LogP contribution in [-0.2, 0) is 24.1 Å². The smallest absolute Gasteiger partial charge is 0.438 e. The summed E-state index contributed by atoms with van der Waals surface area (Å²) in [6.45, 7) is 1.97. The Hall–Kier alpha value is -0.940. The van der Waals surface area contributed by atoms with Crippen LogP contribution in [-0.4, -0.2) is 46.0 Å². The summed E-state index contributed by atoms with van der Waals surface area (Å²) in [7, 11) is -2.99. The van der Waals surface area contributed by atoms with E-state index in [9.17, 15) is 13.2 Å². The topological polar surface area (TPSA) is 160 Å². The average Bonchev–Trinajstić information content (AvgIpc) is 2.15. The highest BCUT2D eigenvalue weighted by Gasteiger charge is 2.00. The molecule has 0 spiro atoms. The van der Waals surface area contributed by atoms with Crippen LogP contribution in [0.25, 0.3) is 0 Å². The highest BCUT2D eigenvalue weighted by molar-refractivity contribution is 7.80. The van der Waals surface area contributed by atoms with Gasteiger partial charge < -0.3 is 21.4 Å². The summed E-state index contributed by atoms with van der Waals surface area (Å²) in [5.74, 6) is 0. The molecule has 0 unspecified atom stereocenters. The molecule has 16 heavy (non-hydrogen) atoms. The molecule has 0 aliphatic heterocycles. The largest absolute Gasteiger partial charge is 0.507 e. The fourth-order valence-corrected chi connectivity index (χ4v) is 0.637. The maximum Gasteiger partial charge on any atom is 0.507 e. The van der Waals surface area contributed by atoms with Gasteiger partial charge in [-0.05, 0) is 6.92 Å². The molecule has 0 aromatic carbocycles. The van der Waals surface area contributed by atoms with Gasteiger partial charge in [-0.3, -0.25) is 4.55 Å². The molecule has 0 saturated carbocycles. The second kappa shape index (κ2) is 12.1. The number of nitrogens with two attached hydrogens (primary N) is 1. The standard InChI is InChI=1S/C4H8O3.C2H7NO4S.H3N/c1-3-7-4(5)6-2;3-1-2-7-8(4,5)6;/h3H2,1-2H3;1-3H2,(H,4,5,6);1H3. The van der Waals surface area contributed by atoms with E-state index in [1.165, 1.54) is 7.11 Å². The molecule has 0 atom stereocenters. The Balaban J connectivity index is -0.000000200. The highest BCUT2D eigenvalue weighted by atomic mass is 32.3. The minimum Gasteiger partial charge on any atom is -0.438 e. The van der Waals surface area contributed by atoms with Crippen LogP contribution in [0.1, 0.15) is 6.92 Å². The molecular formula is C6H18N2O7S. The molecule has 0 amide bonds. The molecule has 0 aliphatic rings. The molecule has 0 aliphatic carbocycles. The van der Waals surface area contributed by atoms with Gasteiger partial charge in [0, 0.05) is 6.54 Å². The van der Waals surface area contributed by atoms with Crippen LogP contribution in [0.5, 0.6) is 0 Å². The summed E-state index contributed by atoms with van der Waals surface area (Å²) >= 11 is 0. The lowest BCUT2D eigenvalue weighted by molar-refractivity contribution is 0.0771. The van der Waals surface area contributed by atoms with E-state index in [2.05, 4.69) is 13.7 Å². The third kappa shape index (κ3) is 23.1. The summed E-state index contributed by atoms with van der Waals surface area (Å²) in [6.07, 6.45) is -0.623. The monoisotopic (exact) mass is 262 g/mol. The van der Waals surface area contributed by atoms with E-state index in [1.807, 2.05) is 0 Å². The summed E-state index contributed by atoms with van der Waals surface area (Å²) in [6, 6.07) is 0. The van der Waals surface area contributed by atoms with Crippen molar-refractivity contribution in [3.05, 3.63) is 0 Å². The van der Waals surface area contributed by atoms with Gasteiger partial charge in [0.1, 0.15) is 0 Å². The first-order chi connectivity index (χ1) is 6.87. The number of hydrogen-bond donors (Lipinski definition) is 3. The van der Waals surface area contributed by atoms with E-state index >= 15 is 0 Å². The van der Waals surface area contributed by atoms with Crippen LogP contribution >= 0.6 is 0 Å². The quantitative estimate of drug-likeness (QED) is 0.456. The summed E-state index contributed by atoms with van der Waals surface area (Å²) in [5.41, 5.74) is 4.84. The molecule has 0 aromatic heterocycles. The zero-order chi connectivity index (χ0) is 12.3. The van der Waals surface area contributed by atoms with Crippen molar-refractivity contribution in [2.45, 2.75) is 6.92 Å². The van der Waals surface area contributed by atoms with Gasteiger partial charge in [0.15, 0.2) is 0 Å². The maximum atomic E-state index is 9.97. The number of carbonyl (C=O) groups is 1. The predicted octanol–water partition coefficient (Wildman–Crippen LogP) is -0.284. The summed E-state index contributed by atoms with van der Waals surface area (Å²) < 4.78 is 39.4. The molecule has 0 bridgehead atoms. The fraction of sp³-hybridized carbons (Fsp3) is 0.833. The molecule has 6 N–H and O–H groups in total. The number of hydrogen-bond acceptors (Lipinski definition) is 8. The van der Waals surface area contributed by atoms with Crippen molar-refractivity contribution in [2.24, 2.45) is 5.73 Å². The normalized spacial score (nSPS) is 9.25. The van der Waals surface area contributed by atoms with Crippen molar-refractivity contribution >= 4 is 16.6 Å². The Morgan fingerprint density at radius 2 is 1.94 bits per heavy atom. The molecule has 0 heterocycles. The van der Waals surface area contributed by atoms with Gasteiger partial charge in [-0.15, -0.1) is 0 Å². The Bertz CT molecular complexity index is 254. The molecule has 0 radical (unpaired) electrons. The van der Waals surface area contributed by atoms with Crippen LogP contribution in [0.3, 0.4) is 0 Å². The third-order valence-electron chi connectivity index (χ3n) is 0.779. The minimum atomic E-state index is -4.27. The van der Waals surface area contributed by atoms with Crippen LogP contribution < -0.4 is 11.9 Å². The number of carbonyl (C=O) groups excluding carboxylic acids is 1. The lowest BCUT2D eigenvalue weighted by Crippen LogP contribution is -2.12. The Kier molecular flexibility index (Phi) is 15.5. The molecule has 0 rings (SSSR count). The van der Waals surface area contributed by atoms with E-state index in [0.717, 1.165) is 0 Å². The predicted molar refractivity (Wildman–Crippen MR) is 55.6 cm³/mol. The van der Waals surface area contributed by atoms with Crippen molar-refractivity contribution in [3.8, 4) is 0 Å². The SMILES string of the molecule is CCOC(=O)OC.N.NCCOS(=O)(=O)O. The van der Waals surface area contributed by atoms with Crippen molar-refractivity contribution in [1.29, 1.82) is 0 Å². The summed E-state index contributed by atoms with van der Waals surface area (Å²) in [4.78, 5) is 9.97. The first kappa shape index (κ1) is 20.5. The van der Waals surface area contributed by atoms with Crippen LogP contribution in [0.15, 0.2) is 0 Å². The lowest BCUT2D eigenvalue weighted by Gasteiger charge is -1.94.